The number of ether oxygens (including phenoxy) is 2. The molecular weight excluding hydrogens is 254 g/mol. The Morgan fingerprint density at radius 1 is 1.40 bits per heavy atom. The molecule has 1 N–H and O–H groups in total. The second-order valence-electron chi connectivity index (χ2n) is 5.21. The van der Waals surface area contributed by atoms with Crippen molar-refractivity contribution in [2.24, 2.45) is 0 Å². The van der Waals surface area contributed by atoms with Gasteiger partial charge in [0.2, 0.25) is 0 Å². The van der Waals surface area contributed by atoms with Gasteiger partial charge in [-0.05, 0) is 50.4 Å². The van der Waals surface area contributed by atoms with Gasteiger partial charge in [-0.1, -0.05) is 12.1 Å². The van der Waals surface area contributed by atoms with Crippen LogP contribution in [0.2, 0.25) is 0 Å². The Morgan fingerprint density at radius 3 is 2.90 bits per heavy atom. The monoisotopic (exact) mass is 277 g/mol. The van der Waals surface area contributed by atoms with E-state index in [1.165, 1.54) is 0 Å². The molecule has 0 aliphatic carbocycles. The zero-order valence-corrected chi connectivity index (χ0v) is 12.3. The first kappa shape index (κ1) is 14.9. The van der Waals surface area contributed by atoms with Gasteiger partial charge in [-0.2, -0.15) is 0 Å². The lowest BCUT2D eigenvalue weighted by molar-refractivity contribution is -0.152. The van der Waals surface area contributed by atoms with Gasteiger partial charge in [0.15, 0.2) is 0 Å². The van der Waals surface area contributed by atoms with Crippen LogP contribution in [0.5, 0.6) is 5.75 Å². The molecule has 0 radical (unpaired) electrons. The third kappa shape index (κ3) is 3.31. The minimum Gasteiger partial charge on any atom is -0.497 e. The van der Waals surface area contributed by atoms with Crippen LogP contribution in [0.3, 0.4) is 0 Å². The van der Waals surface area contributed by atoms with E-state index in [0.29, 0.717) is 13.0 Å². The van der Waals surface area contributed by atoms with E-state index in [4.69, 9.17) is 9.47 Å². The molecule has 2 rings (SSSR count). The van der Waals surface area contributed by atoms with Crippen LogP contribution in [0.1, 0.15) is 31.7 Å². The normalized spacial score (nSPS) is 22.3. The van der Waals surface area contributed by atoms with E-state index in [1.807, 2.05) is 31.2 Å². The summed E-state index contributed by atoms with van der Waals surface area (Å²) in [4.78, 5) is 12.4. The fourth-order valence-corrected chi connectivity index (χ4v) is 2.77. The van der Waals surface area contributed by atoms with Crippen LogP contribution >= 0.6 is 0 Å². The lowest BCUT2D eigenvalue weighted by Crippen LogP contribution is -2.57. The number of nitrogens with one attached hydrogen (secondary N) is 1. The van der Waals surface area contributed by atoms with Gasteiger partial charge in [0.1, 0.15) is 11.3 Å². The molecule has 1 heterocycles. The first-order valence-corrected chi connectivity index (χ1v) is 7.25. The number of rotatable bonds is 5. The zero-order valence-electron chi connectivity index (χ0n) is 12.3. The Labute approximate surface area is 120 Å². The summed E-state index contributed by atoms with van der Waals surface area (Å²) in [6.45, 7) is 3.13. The number of benzene rings is 1. The van der Waals surface area contributed by atoms with Gasteiger partial charge in [-0.15, -0.1) is 0 Å². The number of hydrogen-bond donors (Lipinski definition) is 1. The maximum atomic E-state index is 12.4. The van der Waals surface area contributed by atoms with E-state index in [2.05, 4.69) is 5.32 Å². The van der Waals surface area contributed by atoms with E-state index in [1.54, 1.807) is 7.11 Å². The number of methoxy groups -OCH3 is 1. The summed E-state index contributed by atoms with van der Waals surface area (Å²) in [5.74, 6) is 0.680. The maximum Gasteiger partial charge on any atom is 0.326 e. The van der Waals surface area contributed by atoms with Crippen molar-refractivity contribution in [1.82, 2.24) is 5.32 Å². The summed E-state index contributed by atoms with van der Waals surface area (Å²) < 4.78 is 10.5. The van der Waals surface area contributed by atoms with Gasteiger partial charge in [0, 0.05) is 6.42 Å². The lowest BCUT2D eigenvalue weighted by atomic mass is 9.83. The molecule has 0 spiro atoms. The number of carbonyl (C=O) groups is 1. The summed E-state index contributed by atoms with van der Waals surface area (Å²) in [7, 11) is 1.65. The molecule has 1 aromatic rings. The van der Waals surface area contributed by atoms with Crippen molar-refractivity contribution in [2.75, 3.05) is 20.3 Å². The molecule has 0 aromatic heterocycles. The Morgan fingerprint density at radius 2 is 2.25 bits per heavy atom. The molecule has 1 fully saturated rings. The summed E-state index contributed by atoms with van der Waals surface area (Å²) in [5, 5.41) is 3.39. The van der Waals surface area contributed by atoms with Crippen molar-refractivity contribution < 1.29 is 14.3 Å². The van der Waals surface area contributed by atoms with Crippen molar-refractivity contribution in [2.45, 2.75) is 38.1 Å². The molecular formula is C16H23NO3. The molecule has 1 aromatic carbocycles. The van der Waals surface area contributed by atoms with E-state index in [-0.39, 0.29) is 5.97 Å². The molecule has 1 aliphatic rings. The predicted octanol–water partition coefficient (Wildman–Crippen LogP) is 2.31. The summed E-state index contributed by atoms with van der Waals surface area (Å²) in [6, 6.07) is 7.88. The lowest BCUT2D eigenvalue weighted by Gasteiger charge is -2.36. The molecule has 20 heavy (non-hydrogen) atoms. The van der Waals surface area contributed by atoms with Crippen molar-refractivity contribution in [3.63, 3.8) is 0 Å². The Bertz CT molecular complexity index is 453. The molecule has 1 unspecified atom stereocenters. The van der Waals surface area contributed by atoms with Gasteiger partial charge in [0.05, 0.1) is 13.7 Å². The van der Waals surface area contributed by atoms with Crippen LogP contribution in [0.25, 0.3) is 0 Å². The molecule has 110 valence electrons. The average molecular weight is 277 g/mol. The zero-order chi connectivity index (χ0) is 14.4. The van der Waals surface area contributed by atoms with Crippen LogP contribution in [0.4, 0.5) is 0 Å². The summed E-state index contributed by atoms with van der Waals surface area (Å²) in [6.07, 6.45) is 3.63. The number of piperidine rings is 1. The fraction of sp³-hybridized carbons (Fsp3) is 0.562. The van der Waals surface area contributed by atoms with E-state index in [0.717, 1.165) is 37.1 Å². The number of carbonyl (C=O) groups excluding carboxylic acids is 1. The number of hydrogen-bond acceptors (Lipinski definition) is 4. The quantitative estimate of drug-likeness (QED) is 0.839. The average Bonchev–Trinajstić information content (AvgIpc) is 2.48. The standard InChI is InChI=1S/C16H23NO3/c1-3-20-15(18)16(9-4-5-10-17-16)12-13-7-6-8-14(11-13)19-2/h6-8,11,17H,3-5,9-10,12H2,1-2H3. The first-order chi connectivity index (χ1) is 9.70. The Kier molecular flexibility index (Phi) is 5.01. The highest BCUT2D eigenvalue weighted by molar-refractivity contribution is 5.81. The Balaban J connectivity index is 2.20. The smallest absolute Gasteiger partial charge is 0.326 e. The van der Waals surface area contributed by atoms with Crippen LogP contribution < -0.4 is 10.1 Å². The SMILES string of the molecule is CCOC(=O)C1(Cc2cccc(OC)c2)CCCCN1. The second-order valence-corrected chi connectivity index (χ2v) is 5.21. The molecule has 1 saturated heterocycles. The van der Waals surface area contributed by atoms with Gasteiger partial charge in [-0.25, -0.2) is 0 Å². The fourth-order valence-electron chi connectivity index (χ4n) is 2.77. The van der Waals surface area contributed by atoms with Crippen LogP contribution in [0.15, 0.2) is 24.3 Å². The molecule has 0 saturated carbocycles. The van der Waals surface area contributed by atoms with Crippen molar-refractivity contribution in [3.05, 3.63) is 29.8 Å². The maximum absolute atomic E-state index is 12.4. The molecule has 4 heteroatoms. The van der Waals surface area contributed by atoms with Crippen molar-refractivity contribution >= 4 is 5.97 Å². The van der Waals surface area contributed by atoms with E-state index >= 15 is 0 Å². The van der Waals surface area contributed by atoms with Crippen LogP contribution in [0, 0.1) is 0 Å². The molecule has 0 bridgehead atoms. The van der Waals surface area contributed by atoms with Gasteiger partial charge >= 0.3 is 5.97 Å². The third-order valence-corrected chi connectivity index (χ3v) is 3.80. The molecule has 4 nitrogen and oxygen atoms in total. The molecule has 1 atom stereocenters. The van der Waals surface area contributed by atoms with Crippen LogP contribution in [-0.2, 0) is 16.0 Å². The summed E-state index contributed by atoms with van der Waals surface area (Å²) >= 11 is 0. The van der Waals surface area contributed by atoms with Crippen molar-refractivity contribution in [1.29, 1.82) is 0 Å². The minimum atomic E-state index is -0.583. The van der Waals surface area contributed by atoms with Gasteiger partial charge in [0.25, 0.3) is 0 Å². The Hall–Kier alpha value is -1.55. The second kappa shape index (κ2) is 6.75. The minimum absolute atomic E-state index is 0.137. The summed E-state index contributed by atoms with van der Waals surface area (Å²) in [5.41, 5.74) is 0.507. The topological polar surface area (TPSA) is 47.6 Å². The highest BCUT2D eigenvalue weighted by Gasteiger charge is 2.40. The number of esters is 1. The van der Waals surface area contributed by atoms with Crippen LogP contribution in [-0.4, -0.2) is 31.8 Å². The third-order valence-electron chi connectivity index (χ3n) is 3.80. The molecule has 0 amide bonds. The van der Waals surface area contributed by atoms with Gasteiger partial charge in [-0.3, -0.25) is 4.79 Å². The highest BCUT2D eigenvalue weighted by Crippen LogP contribution is 2.27. The predicted molar refractivity (Wildman–Crippen MR) is 77.9 cm³/mol. The van der Waals surface area contributed by atoms with Gasteiger partial charge < -0.3 is 14.8 Å². The highest BCUT2D eigenvalue weighted by atomic mass is 16.5. The first-order valence-electron chi connectivity index (χ1n) is 7.25. The molecule has 1 aliphatic heterocycles. The van der Waals surface area contributed by atoms with Crippen molar-refractivity contribution in [3.8, 4) is 5.75 Å². The van der Waals surface area contributed by atoms with E-state index in [9.17, 15) is 4.79 Å². The van der Waals surface area contributed by atoms with E-state index < -0.39 is 5.54 Å². The largest absolute Gasteiger partial charge is 0.497 e.